The molecule has 4 nitrogen and oxygen atoms in total. The number of ether oxygens (including phenoxy) is 1. The summed E-state index contributed by atoms with van der Waals surface area (Å²) in [5, 5.41) is 0. The van der Waals surface area contributed by atoms with Crippen molar-refractivity contribution in [3.05, 3.63) is 22.2 Å². The molecule has 1 N–H and O–H groups in total. The number of hydrogen-bond acceptors (Lipinski definition) is 3. The van der Waals surface area contributed by atoms with E-state index >= 15 is 0 Å². The predicted molar refractivity (Wildman–Crippen MR) is 54.5 cm³/mol. The SMILES string of the molecule is Cc1nc(OCC(C)(C)C)cc(=O)[nH]1. The minimum atomic E-state index is -0.179. The molecule has 0 saturated carbocycles. The van der Waals surface area contributed by atoms with E-state index in [4.69, 9.17) is 4.74 Å². The monoisotopic (exact) mass is 196 g/mol. The molecule has 0 aliphatic heterocycles. The number of aromatic nitrogens is 2. The fourth-order valence-corrected chi connectivity index (χ4v) is 0.916. The minimum Gasteiger partial charge on any atom is -0.477 e. The van der Waals surface area contributed by atoms with Crippen molar-refractivity contribution in [2.24, 2.45) is 5.41 Å². The third-order valence-corrected chi connectivity index (χ3v) is 1.49. The van der Waals surface area contributed by atoms with Gasteiger partial charge in [-0.15, -0.1) is 0 Å². The molecule has 0 atom stereocenters. The molecule has 1 aromatic rings. The first-order valence-electron chi connectivity index (χ1n) is 4.58. The van der Waals surface area contributed by atoms with Gasteiger partial charge >= 0.3 is 0 Å². The molecule has 0 aromatic carbocycles. The predicted octanol–water partition coefficient (Wildman–Crippen LogP) is 1.50. The van der Waals surface area contributed by atoms with E-state index in [1.54, 1.807) is 6.92 Å². The summed E-state index contributed by atoms with van der Waals surface area (Å²) < 4.78 is 5.40. The van der Waals surface area contributed by atoms with Crippen molar-refractivity contribution in [1.29, 1.82) is 0 Å². The van der Waals surface area contributed by atoms with Gasteiger partial charge in [0.25, 0.3) is 5.56 Å². The third kappa shape index (κ3) is 3.60. The van der Waals surface area contributed by atoms with Crippen LogP contribution in [-0.2, 0) is 0 Å². The number of hydrogen-bond donors (Lipinski definition) is 1. The van der Waals surface area contributed by atoms with Crippen LogP contribution in [0.3, 0.4) is 0 Å². The summed E-state index contributed by atoms with van der Waals surface area (Å²) in [5.41, 5.74) is -0.112. The Kier molecular flexibility index (Phi) is 2.93. The van der Waals surface area contributed by atoms with E-state index in [2.05, 4.69) is 30.7 Å². The summed E-state index contributed by atoms with van der Waals surface area (Å²) in [6.45, 7) is 8.46. The highest BCUT2D eigenvalue weighted by Gasteiger charge is 2.11. The Hall–Kier alpha value is -1.32. The summed E-state index contributed by atoms with van der Waals surface area (Å²) >= 11 is 0. The van der Waals surface area contributed by atoms with E-state index in [9.17, 15) is 4.79 Å². The van der Waals surface area contributed by atoms with Gasteiger partial charge in [0, 0.05) is 0 Å². The zero-order valence-electron chi connectivity index (χ0n) is 9.05. The molecule has 14 heavy (non-hydrogen) atoms. The van der Waals surface area contributed by atoms with Gasteiger partial charge in [-0.05, 0) is 12.3 Å². The van der Waals surface area contributed by atoms with Crippen LogP contribution < -0.4 is 10.3 Å². The lowest BCUT2D eigenvalue weighted by atomic mass is 9.99. The van der Waals surface area contributed by atoms with Crippen LogP contribution in [-0.4, -0.2) is 16.6 Å². The van der Waals surface area contributed by atoms with Crippen molar-refractivity contribution in [2.45, 2.75) is 27.7 Å². The molecule has 0 aliphatic carbocycles. The third-order valence-electron chi connectivity index (χ3n) is 1.49. The van der Waals surface area contributed by atoms with Crippen LogP contribution in [0, 0.1) is 12.3 Å². The number of H-pyrrole nitrogens is 1. The second kappa shape index (κ2) is 3.82. The van der Waals surface area contributed by atoms with Crippen molar-refractivity contribution >= 4 is 0 Å². The topological polar surface area (TPSA) is 55.0 Å². The van der Waals surface area contributed by atoms with Crippen molar-refractivity contribution in [3.63, 3.8) is 0 Å². The molecule has 78 valence electrons. The van der Waals surface area contributed by atoms with Gasteiger partial charge < -0.3 is 9.72 Å². The van der Waals surface area contributed by atoms with E-state index in [-0.39, 0.29) is 11.0 Å². The number of rotatable bonds is 2. The van der Waals surface area contributed by atoms with Gasteiger partial charge in [0.2, 0.25) is 5.88 Å². The molecule has 4 heteroatoms. The Bertz CT molecular complexity index is 363. The largest absolute Gasteiger partial charge is 0.477 e. The van der Waals surface area contributed by atoms with E-state index in [1.807, 2.05) is 0 Å². The maximum atomic E-state index is 11.1. The molecule has 0 saturated heterocycles. The quantitative estimate of drug-likeness (QED) is 0.780. The maximum Gasteiger partial charge on any atom is 0.254 e. The van der Waals surface area contributed by atoms with Gasteiger partial charge in [-0.1, -0.05) is 20.8 Å². The fraction of sp³-hybridized carbons (Fsp3) is 0.600. The first-order chi connectivity index (χ1) is 6.37. The van der Waals surface area contributed by atoms with E-state index in [0.717, 1.165) is 0 Å². The summed E-state index contributed by atoms with van der Waals surface area (Å²) in [7, 11) is 0. The average Bonchev–Trinajstić information content (AvgIpc) is 1.97. The highest BCUT2D eigenvalue weighted by atomic mass is 16.5. The van der Waals surface area contributed by atoms with Crippen LogP contribution >= 0.6 is 0 Å². The molecule has 1 rings (SSSR count). The zero-order chi connectivity index (χ0) is 10.8. The van der Waals surface area contributed by atoms with Crippen LogP contribution in [0.15, 0.2) is 10.9 Å². The molecule has 0 spiro atoms. The smallest absolute Gasteiger partial charge is 0.254 e. The van der Waals surface area contributed by atoms with Crippen molar-refractivity contribution in [2.75, 3.05) is 6.61 Å². The van der Waals surface area contributed by atoms with Crippen LogP contribution in [0.2, 0.25) is 0 Å². The Morgan fingerprint density at radius 1 is 1.50 bits per heavy atom. The molecule has 0 bridgehead atoms. The number of nitrogens with zero attached hydrogens (tertiary/aromatic N) is 1. The summed E-state index contributed by atoms with van der Waals surface area (Å²) in [5.74, 6) is 0.961. The van der Waals surface area contributed by atoms with Crippen LogP contribution in [0.1, 0.15) is 26.6 Å². The Morgan fingerprint density at radius 2 is 2.14 bits per heavy atom. The normalized spacial score (nSPS) is 11.4. The van der Waals surface area contributed by atoms with Crippen LogP contribution in [0.5, 0.6) is 5.88 Å². The average molecular weight is 196 g/mol. The van der Waals surface area contributed by atoms with E-state index in [1.165, 1.54) is 6.07 Å². The summed E-state index contributed by atoms with van der Waals surface area (Å²) in [4.78, 5) is 17.7. The molecular formula is C10H16N2O2. The van der Waals surface area contributed by atoms with E-state index in [0.29, 0.717) is 18.3 Å². The minimum absolute atomic E-state index is 0.0676. The highest BCUT2D eigenvalue weighted by molar-refractivity contribution is 5.08. The lowest BCUT2D eigenvalue weighted by Gasteiger charge is -2.18. The molecular weight excluding hydrogens is 180 g/mol. The van der Waals surface area contributed by atoms with Crippen LogP contribution in [0.4, 0.5) is 0 Å². The van der Waals surface area contributed by atoms with Crippen molar-refractivity contribution in [1.82, 2.24) is 9.97 Å². The number of aryl methyl sites for hydroxylation is 1. The maximum absolute atomic E-state index is 11.1. The molecule has 0 amide bonds. The van der Waals surface area contributed by atoms with Gasteiger partial charge in [-0.25, -0.2) is 4.98 Å². The second-order valence-corrected chi connectivity index (χ2v) is 4.52. The van der Waals surface area contributed by atoms with Gasteiger partial charge in [0.1, 0.15) is 5.82 Å². The lowest BCUT2D eigenvalue weighted by molar-refractivity contribution is 0.190. The summed E-state index contributed by atoms with van der Waals surface area (Å²) in [6.07, 6.45) is 0. The van der Waals surface area contributed by atoms with Gasteiger partial charge in [0.05, 0.1) is 12.7 Å². The molecule has 1 heterocycles. The first kappa shape index (κ1) is 10.8. The molecule has 1 aromatic heterocycles. The highest BCUT2D eigenvalue weighted by Crippen LogP contribution is 2.14. The second-order valence-electron chi connectivity index (χ2n) is 4.52. The van der Waals surface area contributed by atoms with Gasteiger partial charge in [-0.3, -0.25) is 4.79 Å². The van der Waals surface area contributed by atoms with Gasteiger partial charge in [-0.2, -0.15) is 0 Å². The lowest BCUT2D eigenvalue weighted by Crippen LogP contribution is -2.19. The Labute approximate surface area is 83.3 Å². The van der Waals surface area contributed by atoms with Gasteiger partial charge in [0.15, 0.2) is 0 Å². The number of nitrogens with one attached hydrogen (secondary N) is 1. The Balaban J connectivity index is 2.73. The van der Waals surface area contributed by atoms with Crippen molar-refractivity contribution < 1.29 is 4.74 Å². The van der Waals surface area contributed by atoms with E-state index < -0.39 is 0 Å². The Morgan fingerprint density at radius 3 is 2.64 bits per heavy atom. The summed E-state index contributed by atoms with van der Waals surface area (Å²) in [6, 6.07) is 1.36. The standard InChI is InChI=1S/C10H16N2O2/c1-7-11-8(13)5-9(12-7)14-6-10(2,3)4/h5H,6H2,1-4H3,(H,11,12,13). The first-order valence-corrected chi connectivity index (χ1v) is 4.58. The van der Waals surface area contributed by atoms with Crippen LogP contribution in [0.25, 0.3) is 0 Å². The molecule has 0 fully saturated rings. The molecule has 0 radical (unpaired) electrons. The van der Waals surface area contributed by atoms with Crippen molar-refractivity contribution in [3.8, 4) is 5.88 Å². The number of aromatic amines is 1. The molecule has 0 aliphatic rings. The zero-order valence-corrected chi connectivity index (χ0v) is 9.05. The molecule has 0 unspecified atom stereocenters. The fourth-order valence-electron chi connectivity index (χ4n) is 0.916.